The average Bonchev–Trinajstić information content (AvgIpc) is 3.70. The Labute approximate surface area is 299 Å². The summed E-state index contributed by atoms with van der Waals surface area (Å²) in [5.74, 6) is 0.919. The topological polar surface area (TPSA) is 109 Å². The van der Waals surface area contributed by atoms with Crippen molar-refractivity contribution in [1.29, 1.82) is 0 Å². The molecule has 9 unspecified atom stereocenters. The maximum atomic E-state index is 14.4. The molecule has 4 aliphatic heterocycles. The lowest BCUT2D eigenvalue weighted by atomic mass is 9.56. The second-order valence-electron chi connectivity index (χ2n) is 15.8. The van der Waals surface area contributed by atoms with E-state index in [1.807, 2.05) is 0 Å². The lowest BCUT2D eigenvalue weighted by Gasteiger charge is -2.57. The minimum absolute atomic E-state index is 0.0274. The molecule has 10 rings (SSSR count). The zero-order valence-corrected chi connectivity index (χ0v) is 30.4. The molecule has 4 aromatic rings. The van der Waals surface area contributed by atoms with Gasteiger partial charge in [0, 0.05) is 70.9 Å². The van der Waals surface area contributed by atoms with Crippen LogP contribution >= 0.6 is 0 Å². The van der Waals surface area contributed by atoms with E-state index in [0.29, 0.717) is 24.7 Å². The van der Waals surface area contributed by atoms with Crippen LogP contribution in [-0.2, 0) is 37.3 Å². The number of ether oxygens (including phenoxy) is 3. The maximum absolute atomic E-state index is 14.4. The van der Waals surface area contributed by atoms with Crippen LogP contribution in [0.5, 0.6) is 5.75 Å². The fourth-order valence-electron chi connectivity index (χ4n) is 11.8. The van der Waals surface area contributed by atoms with Crippen LogP contribution in [0.2, 0.25) is 0 Å². The Balaban J connectivity index is 1.32. The summed E-state index contributed by atoms with van der Waals surface area (Å²) in [4.78, 5) is 38.6. The summed E-state index contributed by atoms with van der Waals surface area (Å²) in [7, 11) is 4.82. The van der Waals surface area contributed by atoms with Gasteiger partial charge in [0.2, 0.25) is 0 Å². The van der Waals surface area contributed by atoms with Crippen LogP contribution in [0.25, 0.3) is 21.8 Å². The highest BCUT2D eigenvalue weighted by molar-refractivity contribution is 5.95. The summed E-state index contributed by atoms with van der Waals surface area (Å²) in [5.41, 5.74) is 8.35. The van der Waals surface area contributed by atoms with Crippen molar-refractivity contribution < 1.29 is 23.8 Å². The Bertz CT molecular complexity index is 2080. The third-order valence-electron chi connectivity index (χ3n) is 13.8. The quantitative estimate of drug-likeness (QED) is 0.170. The monoisotopic (exact) mass is 690 g/mol. The van der Waals surface area contributed by atoms with Crippen LogP contribution in [0.15, 0.2) is 48.0 Å². The van der Waals surface area contributed by atoms with E-state index in [1.54, 1.807) is 14.2 Å². The number of hydrogen-bond acceptors (Lipinski definition) is 7. The number of hydrogen-bond donors (Lipinski definition) is 3. The van der Waals surface area contributed by atoms with Gasteiger partial charge in [-0.25, -0.2) is 0 Å². The second kappa shape index (κ2) is 12.3. The van der Waals surface area contributed by atoms with Gasteiger partial charge in [0.1, 0.15) is 11.2 Å². The van der Waals surface area contributed by atoms with Gasteiger partial charge < -0.3 is 29.5 Å². The molecule has 3 N–H and O–H groups in total. The van der Waals surface area contributed by atoms with E-state index in [2.05, 4.69) is 76.5 Å². The highest BCUT2D eigenvalue weighted by atomic mass is 16.5. The molecule has 1 saturated carbocycles. The van der Waals surface area contributed by atoms with Gasteiger partial charge >= 0.3 is 11.9 Å². The molecule has 0 radical (unpaired) electrons. The Morgan fingerprint density at radius 1 is 1.02 bits per heavy atom. The number of carbonyl (C=O) groups is 2. The molecule has 0 amide bonds. The molecule has 9 atom stereocenters. The molecular weight excluding hydrogens is 640 g/mol. The summed E-state index contributed by atoms with van der Waals surface area (Å²) in [6, 6.07) is 12.9. The smallest absolute Gasteiger partial charge is 0.319 e. The molecule has 6 bridgehead atoms. The van der Waals surface area contributed by atoms with Crippen molar-refractivity contribution in [1.82, 2.24) is 20.2 Å². The molecule has 9 nitrogen and oxygen atoms in total. The number of benzene rings is 2. The molecule has 4 fully saturated rings. The van der Waals surface area contributed by atoms with Gasteiger partial charge in [-0.15, -0.1) is 0 Å². The third kappa shape index (κ3) is 4.59. The highest BCUT2D eigenvalue weighted by Crippen LogP contribution is 2.57. The lowest BCUT2D eigenvalue weighted by molar-refractivity contribution is -0.162. The number of methoxy groups -OCH3 is 3. The standard InChI is InChI=1S/C42H50N4O5/c1-6-23-16-22-19-42(41(48)51-5)38-27(14-15-46(21-22)39(23)42)26-12-13-33(49-3)35(37(26)45-38)30-17-28-24(7-2)20-43-32(34(28)40(47)50-4)18-29-25-10-8-9-11-31(25)44-36(29)30/h7-13,22-23,28,30,32,34,39,43-45H,6,14-21H2,1-5H3/b24-7-. The van der Waals surface area contributed by atoms with Crippen LogP contribution in [0, 0.1) is 23.7 Å². The van der Waals surface area contributed by atoms with Gasteiger partial charge in [0.15, 0.2) is 0 Å². The molecule has 2 aromatic carbocycles. The zero-order valence-electron chi connectivity index (χ0n) is 30.4. The molecule has 9 heteroatoms. The molecule has 6 aliphatic rings. The Morgan fingerprint density at radius 2 is 1.86 bits per heavy atom. The summed E-state index contributed by atoms with van der Waals surface area (Å²) in [6.07, 6.45) is 7.47. The van der Waals surface area contributed by atoms with Gasteiger partial charge in [-0.1, -0.05) is 43.2 Å². The molecule has 0 spiro atoms. The van der Waals surface area contributed by atoms with Gasteiger partial charge in [-0.3, -0.25) is 14.5 Å². The van der Waals surface area contributed by atoms with Crippen molar-refractivity contribution in [2.24, 2.45) is 23.7 Å². The first-order valence-electron chi connectivity index (χ1n) is 19.0. The molecular formula is C42H50N4O5. The minimum atomic E-state index is -0.754. The van der Waals surface area contributed by atoms with E-state index >= 15 is 0 Å². The van der Waals surface area contributed by atoms with E-state index in [1.165, 1.54) is 41.3 Å². The van der Waals surface area contributed by atoms with E-state index in [0.717, 1.165) is 72.3 Å². The molecule has 6 heterocycles. The van der Waals surface area contributed by atoms with Gasteiger partial charge in [-0.2, -0.15) is 0 Å². The van der Waals surface area contributed by atoms with Gasteiger partial charge in [-0.05, 0) is 86.1 Å². The van der Waals surface area contributed by atoms with Crippen molar-refractivity contribution in [3.05, 3.63) is 76.1 Å². The Morgan fingerprint density at radius 3 is 2.63 bits per heavy atom. The molecule has 268 valence electrons. The first-order chi connectivity index (χ1) is 24.9. The van der Waals surface area contributed by atoms with Crippen LogP contribution in [0.4, 0.5) is 0 Å². The number of piperidine rings is 3. The van der Waals surface area contributed by atoms with Crippen LogP contribution in [0.3, 0.4) is 0 Å². The number of rotatable bonds is 5. The normalized spacial score (nSPS) is 33.2. The number of nitrogens with zero attached hydrogens (tertiary/aromatic N) is 1. The predicted octanol–water partition coefficient (Wildman–Crippen LogP) is 6.15. The summed E-state index contributed by atoms with van der Waals surface area (Å²) >= 11 is 0. The number of carbonyl (C=O) groups excluding carboxylic acids is 2. The van der Waals surface area contributed by atoms with Gasteiger partial charge in [0.25, 0.3) is 0 Å². The van der Waals surface area contributed by atoms with Crippen LogP contribution in [0.1, 0.15) is 73.5 Å². The minimum Gasteiger partial charge on any atom is -0.496 e. The van der Waals surface area contributed by atoms with Crippen molar-refractivity contribution >= 4 is 33.7 Å². The lowest BCUT2D eigenvalue weighted by Crippen LogP contribution is -2.67. The van der Waals surface area contributed by atoms with Crippen molar-refractivity contribution in [2.45, 2.75) is 75.8 Å². The number of allylic oxidation sites excluding steroid dienone is 1. The Kier molecular flexibility index (Phi) is 7.89. The number of esters is 2. The SMILES string of the molecule is C/C=C1/CNC2Cc3c([nH]c4ccccc34)C(c3c(OC)ccc4c5c([nH]c34)C3(C(=O)OC)CC4CC(CC)C3N(CC5)C4)CC1C2C(=O)OC. The van der Waals surface area contributed by atoms with Crippen LogP contribution < -0.4 is 10.1 Å². The number of fused-ring (bicyclic) bond motifs is 9. The van der Waals surface area contributed by atoms with Gasteiger partial charge in [0.05, 0.1) is 32.8 Å². The fourth-order valence-corrected chi connectivity index (χ4v) is 11.8. The van der Waals surface area contributed by atoms with Crippen molar-refractivity contribution in [2.75, 3.05) is 41.0 Å². The largest absolute Gasteiger partial charge is 0.496 e. The maximum Gasteiger partial charge on any atom is 0.319 e. The predicted molar refractivity (Wildman–Crippen MR) is 197 cm³/mol. The molecule has 51 heavy (non-hydrogen) atoms. The third-order valence-corrected chi connectivity index (χ3v) is 13.8. The number of aromatic nitrogens is 2. The summed E-state index contributed by atoms with van der Waals surface area (Å²) in [6.45, 7) is 7.07. The number of aromatic amines is 2. The number of H-pyrrole nitrogens is 2. The number of nitrogens with one attached hydrogen (secondary N) is 3. The van der Waals surface area contributed by atoms with Crippen LogP contribution in [-0.4, -0.2) is 79.9 Å². The summed E-state index contributed by atoms with van der Waals surface area (Å²) < 4.78 is 17.6. The molecule has 3 saturated heterocycles. The van der Waals surface area contributed by atoms with Crippen molar-refractivity contribution in [3.8, 4) is 5.75 Å². The highest BCUT2D eigenvalue weighted by Gasteiger charge is 2.63. The summed E-state index contributed by atoms with van der Waals surface area (Å²) in [5, 5.41) is 6.06. The van der Waals surface area contributed by atoms with E-state index in [-0.39, 0.29) is 41.8 Å². The average molecular weight is 691 g/mol. The first-order valence-corrected chi connectivity index (χ1v) is 19.0. The van der Waals surface area contributed by atoms with E-state index < -0.39 is 5.41 Å². The molecule has 2 aliphatic carbocycles. The number of para-hydroxylation sites is 1. The van der Waals surface area contributed by atoms with E-state index in [4.69, 9.17) is 14.2 Å². The second-order valence-corrected chi connectivity index (χ2v) is 15.8. The Hall–Kier alpha value is -4.08. The first kappa shape index (κ1) is 32.8. The fraction of sp³-hybridized carbons (Fsp3) is 0.524. The van der Waals surface area contributed by atoms with E-state index in [9.17, 15) is 9.59 Å². The van der Waals surface area contributed by atoms with Crippen molar-refractivity contribution in [3.63, 3.8) is 0 Å². The molecule has 2 aromatic heterocycles. The zero-order chi connectivity index (χ0) is 35.2.